The van der Waals surface area contributed by atoms with Crippen molar-refractivity contribution in [3.63, 3.8) is 0 Å². The van der Waals surface area contributed by atoms with Crippen LogP contribution in [0.2, 0.25) is 0 Å². The van der Waals surface area contributed by atoms with E-state index in [1.807, 2.05) is 0 Å². The molecule has 108 valence electrons. The van der Waals surface area contributed by atoms with E-state index in [-0.39, 0.29) is 17.9 Å². The van der Waals surface area contributed by atoms with E-state index >= 15 is 0 Å². The summed E-state index contributed by atoms with van der Waals surface area (Å²) in [5.41, 5.74) is -0.665. The van der Waals surface area contributed by atoms with E-state index in [9.17, 15) is 17.4 Å². The highest BCUT2D eigenvalue weighted by atomic mass is 32.2. The smallest absolute Gasteiger partial charge is 0.396 e. The van der Waals surface area contributed by atoms with Crippen LogP contribution in [0.1, 0.15) is 30.5 Å². The van der Waals surface area contributed by atoms with E-state index in [1.165, 1.54) is 25.1 Å². The fourth-order valence-electron chi connectivity index (χ4n) is 1.65. The van der Waals surface area contributed by atoms with E-state index in [1.54, 1.807) is 0 Å². The molecular formula is C12H16F3NO2S. The Bertz CT molecular complexity index is 437. The summed E-state index contributed by atoms with van der Waals surface area (Å²) in [6.07, 6.45) is -4.09. The molecule has 0 aliphatic rings. The monoisotopic (exact) mass is 295 g/mol. The number of nitrogens with one attached hydrogen (secondary N) is 1. The molecule has 0 aliphatic carbocycles. The van der Waals surface area contributed by atoms with Gasteiger partial charge in [0.2, 0.25) is 0 Å². The third kappa shape index (κ3) is 4.93. The lowest BCUT2D eigenvalue weighted by Gasteiger charge is -2.18. The van der Waals surface area contributed by atoms with Crippen molar-refractivity contribution in [3.05, 3.63) is 35.4 Å². The Morgan fingerprint density at radius 1 is 1.37 bits per heavy atom. The van der Waals surface area contributed by atoms with Crippen LogP contribution in [0.15, 0.2) is 24.3 Å². The topological polar surface area (TPSA) is 49.3 Å². The van der Waals surface area contributed by atoms with Crippen molar-refractivity contribution in [2.45, 2.75) is 25.6 Å². The zero-order valence-electron chi connectivity index (χ0n) is 10.4. The number of aliphatic hydroxyl groups is 1. The van der Waals surface area contributed by atoms with Gasteiger partial charge in [-0.3, -0.25) is 0 Å². The number of halogens is 3. The van der Waals surface area contributed by atoms with Crippen molar-refractivity contribution in [1.82, 2.24) is 4.72 Å². The Hall–Kier alpha value is -0.920. The maximum absolute atomic E-state index is 12.8. The van der Waals surface area contributed by atoms with Gasteiger partial charge in [0.1, 0.15) is 0 Å². The highest BCUT2D eigenvalue weighted by molar-refractivity contribution is 7.83. The van der Waals surface area contributed by atoms with Gasteiger partial charge in [-0.1, -0.05) is 18.2 Å². The minimum atomic E-state index is -4.43. The first-order chi connectivity index (χ1) is 8.86. The van der Waals surface area contributed by atoms with Gasteiger partial charge in [-0.15, -0.1) is 0 Å². The van der Waals surface area contributed by atoms with Crippen LogP contribution >= 0.6 is 0 Å². The van der Waals surface area contributed by atoms with Crippen molar-refractivity contribution in [1.29, 1.82) is 0 Å². The van der Waals surface area contributed by atoms with Gasteiger partial charge in [0.05, 0.1) is 16.5 Å². The molecule has 1 rings (SSSR count). The van der Waals surface area contributed by atoms with Crippen LogP contribution in [-0.4, -0.2) is 21.7 Å². The summed E-state index contributed by atoms with van der Waals surface area (Å²) < 4.78 is 52.6. The lowest BCUT2D eigenvalue weighted by Crippen LogP contribution is -2.25. The molecule has 3 nitrogen and oxygen atoms in total. The molecule has 0 aromatic heterocycles. The molecule has 0 fully saturated rings. The predicted molar refractivity (Wildman–Crippen MR) is 67.7 cm³/mol. The summed E-state index contributed by atoms with van der Waals surface area (Å²) in [5, 5.41) is 8.61. The molecule has 2 atom stereocenters. The molecule has 2 N–H and O–H groups in total. The average Bonchev–Trinajstić information content (AvgIpc) is 2.35. The van der Waals surface area contributed by atoms with Crippen LogP contribution in [0.25, 0.3) is 0 Å². The second kappa shape index (κ2) is 7.02. The van der Waals surface area contributed by atoms with E-state index in [4.69, 9.17) is 5.11 Å². The largest absolute Gasteiger partial charge is 0.416 e. The van der Waals surface area contributed by atoms with Gasteiger partial charge < -0.3 is 5.11 Å². The molecule has 0 heterocycles. The number of aliphatic hydroxyl groups excluding tert-OH is 1. The van der Waals surface area contributed by atoms with Crippen LogP contribution in [0.3, 0.4) is 0 Å². The number of hydrogen-bond donors (Lipinski definition) is 2. The number of rotatable bonds is 6. The van der Waals surface area contributed by atoms with Crippen LogP contribution in [0.5, 0.6) is 0 Å². The van der Waals surface area contributed by atoms with E-state index < -0.39 is 28.8 Å². The van der Waals surface area contributed by atoms with Crippen molar-refractivity contribution in [3.8, 4) is 0 Å². The molecular weight excluding hydrogens is 279 g/mol. The van der Waals surface area contributed by atoms with Gasteiger partial charge in [0, 0.05) is 18.4 Å². The van der Waals surface area contributed by atoms with Crippen molar-refractivity contribution < 1.29 is 22.5 Å². The second-order valence-corrected chi connectivity index (χ2v) is 5.39. The Morgan fingerprint density at radius 3 is 2.58 bits per heavy atom. The van der Waals surface area contributed by atoms with Gasteiger partial charge in [0.15, 0.2) is 0 Å². The van der Waals surface area contributed by atoms with Crippen molar-refractivity contribution in [2.24, 2.45) is 0 Å². The Kier molecular flexibility index (Phi) is 5.96. The predicted octanol–water partition coefficient (Wildman–Crippen LogP) is 2.40. The summed E-state index contributed by atoms with van der Waals surface area (Å²) in [4.78, 5) is 0. The summed E-state index contributed by atoms with van der Waals surface area (Å²) in [6.45, 7) is 1.43. The second-order valence-electron chi connectivity index (χ2n) is 4.05. The van der Waals surface area contributed by atoms with E-state index in [0.29, 0.717) is 6.42 Å². The van der Waals surface area contributed by atoms with Crippen LogP contribution < -0.4 is 4.72 Å². The lowest BCUT2D eigenvalue weighted by atomic mass is 10.0. The minimum Gasteiger partial charge on any atom is -0.396 e. The van der Waals surface area contributed by atoms with E-state index in [0.717, 1.165) is 6.07 Å². The molecule has 0 aliphatic heterocycles. The fraction of sp³-hybridized carbons (Fsp3) is 0.500. The Balaban J connectivity index is 2.82. The van der Waals surface area contributed by atoms with Crippen LogP contribution in [-0.2, 0) is 17.2 Å². The normalized spacial score (nSPS) is 15.2. The maximum Gasteiger partial charge on any atom is 0.416 e. The van der Waals surface area contributed by atoms with Gasteiger partial charge >= 0.3 is 6.18 Å². The van der Waals surface area contributed by atoms with Gasteiger partial charge in [-0.05, 0) is 25.0 Å². The standard InChI is InChI=1S/C12H16F3NO2S/c1-9(16-19(18)8-4-7-17)10-5-2-3-6-11(10)12(13,14)15/h2-3,5-6,9,16-17H,4,7-8H2,1H3. The molecule has 1 aromatic rings. The first-order valence-electron chi connectivity index (χ1n) is 5.77. The molecule has 1 aromatic carbocycles. The molecule has 7 heteroatoms. The summed E-state index contributed by atoms with van der Waals surface area (Å²) in [7, 11) is -1.46. The molecule has 0 saturated heterocycles. The highest BCUT2D eigenvalue weighted by Crippen LogP contribution is 2.34. The first-order valence-corrected chi connectivity index (χ1v) is 7.09. The van der Waals surface area contributed by atoms with Gasteiger partial charge in [0.25, 0.3) is 0 Å². The SMILES string of the molecule is CC(NS(=O)CCCO)c1ccccc1C(F)(F)F. The quantitative estimate of drug-likeness (QED) is 0.846. The van der Waals surface area contributed by atoms with Gasteiger partial charge in [-0.2, -0.15) is 13.2 Å². The summed E-state index contributed by atoms with van der Waals surface area (Å²) >= 11 is 0. The zero-order chi connectivity index (χ0) is 14.5. The maximum atomic E-state index is 12.8. The van der Waals surface area contributed by atoms with Crippen molar-refractivity contribution in [2.75, 3.05) is 12.4 Å². The minimum absolute atomic E-state index is 0.0624. The Labute approximate surface area is 112 Å². The molecule has 0 spiro atoms. The molecule has 0 saturated carbocycles. The van der Waals surface area contributed by atoms with Gasteiger partial charge in [-0.25, -0.2) is 8.93 Å². The lowest BCUT2D eigenvalue weighted by molar-refractivity contribution is -0.138. The molecule has 0 amide bonds. The third-order valence-corrected chi connectivity index (χ3v) is 3.80. The highest BCUT2D eigenvalue weighted by Gasteiger charge is 2.34. The van der Waals surface area contributed by atoms with E-state index in [2.05, 4.69) is 4.72 Å². The molecule has 2 unspecified atom stereocenters. The van der Waals surface area contributed by atoms with Crippen molar-refractivity contribution >= 4 is 11.0 Å². The van der Waals surface area contributed by atoms with Crippen LogP contribution in [0, 0.1) is 0 Å². The molecule has 19 heavy (non-hydrogen) atoms. The Morgan fingerprint density at radius 2 is 2.00 bits per heavy atom. The fourth-order valence-corrected chi connectivity index (χ4v) is 2.68. The number of benzene rings is 1. The first kappa shape index (κ1) is 16.1. The summed E-state index contributed by atoms with van der Waals surface area (Å²) in [6, 6.07) is 4.52. The third-order valence-electron chi connectivity index (χ3n) is 2.53. The number of hydrogen-bond acceptors (Lipinski definition) is 2. The van der Waals surface area contributed by atoms with Crippen LogP contribution in [0.4, 0.5) is 13.2 Å². The average molecular weight is 295 g/mol. The zero-order valence-corrected chi connectivity index (χ0v) is 11.2. The summed E-state index contributed by atoms with van der Waals surface area (Å²) in [5.74, 6) is 0.203. The molecule has 0 radical (unpaired) electrons. The molecule has 0 bridgehead atoms. The number of alkyl halides is 3.